The van der Waals surface area contributed by atoms with E-state index in [0.29, 0.717) is 12.5 Å². The molecule has 0 saturated carbocycles. The molecule has 0 atom stereocenters. The lowest BCUT2D eigenvalue weighted by molar-refractivity contribution is 0.408. The van der Waals surface area contributed by atoms with Crippen LogP contribution in [0.2, 0.25) is 0 Å². The van der Waals surface area contributed by atoms with E-state index in [1.54, 1.807) is 7.11 Å². The highest BCUT2D eigenvalue weighted by Crippen LogP contribution is 2.23. The molecule has 1 heterocycles. The van der Waals surface area contributed by atoms with E-state index in [4.69, 9.17) is 10.5 Å². The highest BCUT2D eigenvalue weighted by molar-refractivity contribution is 9.10. The van der Waals surface area contributed by atoms with Crippen LogP contribution in [0, 0.1) is 0 Å². The fourth-order valence-electron chi connectivity index (χ4n) is 2.44. The van der Waals surface area contributed by atoms with Gasteiger partial charge in [-0.05, 0) is 31.0 Å². The fourth-order valence-corrected chi connectivity index (χ4v) is 2.85. The number of aliphatic imine (C=N–C) groups is 1. The summed E-state index contributed by atoms with van der Waals surface area (Å²) in [5.74, 6) is 1.49. The minimum atomic E-state index is 0.547. The van der Waals surface area contributed by atoms with E-state index in [-0.39, 0.29) is 0 Å². The summed E-state index contributed by atoms with van der Waals surface area (Å²) in [6.45, 7) is 2.58. The fraction of sp³-hybridized carbons (Fsp3) is 0.533. The van der Waals surface area contributed by atoms with Gasteiger partial charge in [0.15, 0.2) is 5.96 Å². The Morgan fingerprint density at radius 1 is 1.30 bits per heavy atom. The van der Waals surface area contributed by atoms with Gasteiger partial charge < -0.3 is 15.4 Å². The van der Waals surface area contributed by atoms with E-state index >= 15 is 0 Å². The Morgan fingerprint density at radius 2 is 2.00 bits per heavy atom. The summed E-state index contributed by atoms with van der Waals surface area (Å²) < 4.78 is 6.38. The number of methoxy groups -OCH3 is 1. The van der Waals surface area contributed by atoms with Crippen molar-refractivity contribution in [2.45, 2.75) is 32.2 Å². The second-order valence-corrected chi connectivity index (χ2v) is 5.95. The molecule has 110 valence electrons. The lowest BCUT2D eigenvalue weighted by Gasteiger charge is -2.21. The highest BCUT2D eigenvalue weighted by atomic mass is 79.9. The van der Waals surface area contributed by atoms with E-state index in [1.807, 2.05) is 18.2 Å². The lowest BCUT2D eigenvalue weighted by atomic mass is 10.2. The molecule has 0 radical (unpaired) electrons. The van der Waals surface area contributed by atoms with Gasteiger partial charge in [-0.15, -0.1) is 0 Å². The third-order valence-electron chi connectivity index (χ3n) is 3.58. The maximum atomic E-state index is 6.12. The predicted molar refractivity (Wildman–Crippen MR) is 86.1 cm³/mol. The molecule has 5 heteroatoms. The summed E-state index contributed by atoms with van der Waals surface area (Å²) in [5.41, 5.74) is 7.16. The minimum Gasteiger partial charge on any atom is -0.496 e. The van der Waals surface area contributed by atoms with E-state index in [2.05, 4.69) is 25.8 Å². The minimum absolute atomic E-state index is 0.547. The number of hydrogen-bond acceptors (Lipinski definition) is 2. The number of rotatable bonds is 3. The van der Waals surface area contributed by atoms with Crippen LogP contribution in [0.4, 0.5) is 0 Å². The number of nitrogens with two attached hydrogens (primary N) is 1. The van der Waals surface area contributed by atoms with Gasteiger partial charge in [-0.2, -0.15) is 0 Å². The van der Waals surface area contributed by atoms with Crippen molar-refractivity contribution in [3.8, 4) is 5.75 Å². The molecule has 1 saturated heterocycles. The Bertz CT molecular complexity index is 468. The summed E-state index contributed by atoms with van der Waals surface area (Å²) >= 11 is 3.47. The van der Waals surface area contributed by atoms with Crippen LogP contribution in [0.1, 0.15) is 31.2 Å². The SMILES string of the molecule is COc1ccc(Br)cc1CN=C(N)N1CCCCCC1. The number of hydrogen-bond donors (Lipinski definition) is 1. The number of likely N-dealkylation sites (tertiary alicyclic amines) is 1. The number of ether oxygens (including phenoxy) is 1. The summed E-state index contributed by atoms with van der Waals surface area (Å²) in [4.78, 5) is 6.72. The van der Waals surface area contributed by atoms with Crippen LogP contribution >= 0.6 is 15.9 Å². The number of halogens is 1. The molecule has 2 N–H and O–H groups in total. The van der Waals surface area contributed by atoms with Crippen molar-refractivity contribution >= 4 is 21.9 Å². The summed E-state index contributed by atoms with van der Waals surface area (Å²) in [6.07, 6.45) is 5.00. The Morgan fingerprint density at radius 3 is 2.65 bits per heavy atom. The average molecular weight is 340 g/mol. The van der Waals surface area contributed by atoms with Gasteiger partial charge in [-0.1, -0.05) is 28.8 Å². The molecule has 20 heavy (non-hydrogen) atoms. The third kappa shape index (κ3) is 4.13. The standard InChI is InChI=1S/C15H22BrN3O/c1-20-14-7-6-13(16)10-12(14)11-18-15(17)19-8-4-2-3-5-9-19/h6-7,10H,2-5,8-9,11H2,1H3,(H2,17,18). The zero-order valence-electron chi connectivity index (χ0n) is 11.9. The van der Waals surface area contributed by atoms with Gasteiger partial charge in [0, 0.05) is 23.1 Å². The van der Waals surface area contributed by atoms with E-state index in [1.165, 1.54) is 25.7 Å². The summed E-state index contributed by atoms with van der Waals surface area (Å²) in [7, 11) is 1.68. The Hall–Kier alpha value is -1.23. The predicted octanol–water partition coefficient (Wildman–Crippen LogP) is 3.15. The zero-order chi connectivity index (χ0) is 14.4. The van der Waals surface area contributed by atoms with Crippen LogP contribution in [0.5, 0.6) is 5.75 Å². The van der Waals surface area contributed by atoms with Gasteiger partial charge in [0.25, 0.3) is 0 Å². The molecular weight excluding hydrogens is 318 g/mol. The molecule has 1 aliphatic rings. The van der Waals surface area contributed by atoms with Crippen molar-refractivity contribution in [2.24, 2.45) is 10.7 Å². The molecule has 0 unspecified atom stereocenters. The Kier molecular flexibility index (Phi) is 5.71. The molecule has 1 aromatic carbocycles. The Balaban J connectivity index is 2.05. The first-order valence-corrected chi connectivity index (χ1v) is 7.87. The highest BCUT2D eigenvalue weighted by Gasteiger charge is 2.11. The Labute approximate surface area is 129 Å². The largest absolute Gasteiger partial charge is 0.496 e. The topological polar surface area (TPSA) is 50.9 Å². The molecule has 4 nitrogen and oxygen atoms in total. The molecule has 1 aliphatic heterocycles. The monoisotopic (exact) mass is 339 g/mol. The quantitative estimate of drug-likeness (QED) is 0.679. The van der Waals surface area contributed by atoms with E-state index in [9.17, 15) is 0 Å². The molecule has 0 aromatic heterocycles. The van der Waals surface area contributed by atoms with Crippen LogP contribution in [0.3, 0.4) is 0 Å². The number of benzene rings is 1. The maximum Gasteiger partial charge on any atom is 0.191 e. The van der Waals surface area contributed by atoms with Crippen LogP contribution in [0.25, 0.3) is 0 Å². The molecule has 0 spiro atoms. The number of guanidine groups is 1. The van der Waals surface area contributed by atoms with E-state index < -0.39 is 0 Å². The second kappa shape index (κ2) is 7.53. The van der Waals surface area contributed by atoms with Gasteiger partial charge in [0.1, 0.15) is 5.75 Å². The lowest BCUT2D eigenvalue weighted by Crippen LogP contribution is -2.38. The van der Waals surface area contributed by atoms with Crippen LogP contribution in [-0.4, -0.2) is 31.1 Å². The first-order chi connectivity index (χ1) is 9.70. The molecular formula is C15H22BrN3O. The maximum absolute atomic E-state index is 6.12. The molecule has 1 fully saturated rings. The van der Waals surface area contributed by atoms with Gasteiger partial charge in [-0.25, -0.2) is 4.99 Å². The average Bonchev–Trinajstić information content (AvgIpc) is 2.74. The van der Waals surface area contributed by atoms with Gasteiger partial charge in [-0.3, -0.25) is 0 Å². The van der Waals surface area contributed by atoms with Crippen LogP contribution in [-0.2, 0) is 6.54 Å². The van der Waals surface area contributed by atoms with Crippen LogP contribution in [0.15, 0.2) is 27.7 Å². The van der Waals surface area contributed by atoms with Crippen molar-refractivity contribution in [1.82, 2.24) is 4.90 Å². The summed E-state index contributed by atoms with van der Waals surface area (Å²) in [6, 6.07) is 5.93. The molecule has 0 amide bonds. The molecule has 0 bridgehead atoms. The molecule has 2 rings (SSSR count). The zero-order valence-corrected chi connectivity index (χ0v) is 13.5. The van der Waals surface area contributed by atoms with Crippen molar-refractivity contribution < 1.29 is 4.74 Å². The van der Waals surface area contributed by atoms with Crippen molar-refractivity contribution in [1.29, 1.82) is 0 Å². The normalized spacial score (nSPS) is 16.9. The van der Waals surface area contributed by atoms with Gasteiger partial charge >= 0.3 is 0 Å². The van der Waals surface area contributed by atoms with Crippen molar-refractivity contribution in [3.05, 3.63) is 28.2 Å². The molecule has 0 aliphatic carbocycles. The third-order valence-corrected chi connectivity index (χ3v) is 4.08. The first-order valence-electron chi connectivity index (χ1n) is 7.08. The van der Waals surface area contributed by atoms with Crippen LogP contribution < -0.4 is 10.5 Å². The second-order valence-electron chi connectivity index (χ2n) is 5.03. The molecule has 1 aromatic rings. The van der Waals surface area contributed by atoms with Gasteiger partial charge in [0.2, 0.25) is 0 Å². The van der Waals surface area contributed by atoms with Gasteiger partial charge in [0.05, 0.1) is 13.7 Å². The smallest absolute Gasteiger partial charge is 0.191 e. The van der Waals surface area contributed by atoms with Crippen molar-refractivity contribution in [3.63, 3.8) is 0 Å². The first kappa shape index (κ1) is 15.2. The van der Waals surface area contributed by atoms with Crippen molar-refractivity contribution in [2.75, 3.05) is 20.2 Å². The number of nitrogens with zero attached hydrogens (tertiary/aromatic N) is 2. The summed E-state index contributed by atoms with van der Waals surface area (Å²) in [5, 5.41) is 0. The van der Waals surface area contributed by atoms with E-state index in [0.717, 1.165) is 28.9 Å².